The van der Waals surface area contributed by atoms with Gasteiger partial charge in [-0.05, 0) is 38.5 Å². The summed E-state index contributed by atoms with van der Waals surface area (Å²) >= 11 is 6.08. The van der Waals surface area contributed by atoms with Crippen LogP contribution in [0.3, 0.4) is 0 Å². The molecular formula is C13H18ClNO2. The highest BCUT2D eigenvalue weighted by Crippen LogP contribution is 2.27. The Morgan fingerprint density at radius 3 is 2.65 bits per heavy atom. The number of benzene rings is 1. The van der Waals surface area contributed by atoms with Gasteiger partial charge in [0.15, 0.2) is 0 Å². The van der Waals surface area contributed by atoms with Crippen LogP contribution in [-0.2, 0) is 4.79 Å². The number of carbonyl (C=O) groups is 1. The van der Waals surface area contributed by atoms with E-state index in [1.165, 1.54) is 0 Å². The van der Waals surface area contributed by atoms with Crippen molar-refractivity contribution in [3.8, 4) is 0 Å². The summed E-state index contributed by atoms with van der Waals surface area (Å²) in [6.45, 7) is 6.53. The van der Waals surface area contributed by atoms with Gasteiger partial charge < -0.3 is 10.0 Å². The first-order valence-electron chi connectivity index (χ1n) is 5.67. The van der Waals surface area contributed by atoms with Gasteiger partial charge >= 0.3 is 5.97 Å². The fraction of sp³-hybridized carbons (Fsp3) is 0.462. The van der Waals surface area contributed by atoms with Crippen molar-refractivity contribution in [2.75, 3.05) is 11.4 Å². The van der Waals surface area contributed by atoms with Crippen molar-refractivity contribution < 1.29 is 9.90 Å². The third-order valence-electron chi connectivity index (χ3n) is 2.74. The van der Waals surface area contributed by atoms with Gasteiger partial charge in [0.2, 0.25) is 0 Å². The molecule has 0 aliphatic rings. The highest BCUT2D eigenvalue weighted by Gasteiger charge is 2.15. The minimum absolute atomic E-state index is 0.129. The Bertz CT molecular complexity index is 404. The molecule has 3 nitrogen and oxygen atoms in total. The van der Waals surface area contributed by atoms with E-state index in [1.807, 2.05) is 39.0 Å². The van der Waals surface area contributed by atoms with Crippen LogP contribution in [0.15, 0.2) is 18.2 Å². The molecular weight excluding hydrogens is 238 g/mol. The van der Waals surface area contributed by atoms with Gasteiger partial charge in [0.05, 0.1) is 6.42 Å². The minimum Gasteiger partial charge on any atom is -0.481 e. The Kier molecular flexibility index (Phi) is 4.82. The molecule has 1 aromatic rings. The number of rotatable bonds is 5. The Balaban J connectivity index is 2.97. The molecule has 1 rings (SSSR count). The maximum Gasteiger partial charge on any atom is 0.305 e. The van der Waals surface area contributed by atoms with Crippen LogP contribution >= 0.6 is 11.6 Å². The zero-order valence-corrected chi connectivity index (χ0v) is 11.2. The summed E-state index contributed by atoms with van der Waals surface area (Å²) < 4.78 is 0. The number of anilines is 1. The maximum absolute atomic E-state index is 10.7. The monoisotopic (exact) mass is 255 g/mol. The molecule has 0 spiro atoms. The fourth-order valence-corrected chi connectivity index (χ4v) is 1.95. The standard InChI is InChI=1S/C13H18ClNO2/c1-9(2)15(8-7-13(16)17)12-6-4-5-11(14)10(12)3/h4-6,9H,7-8H2,1-3H3,(H,16,17). The van der Waals surface area contributed by atoms with Gasteiger partial charge in [-0.1, -0.05) is 17.7 Å². The molecule has 0 saturated heterocycles. The molecule has 17 heavy (non-hydrogen) atoms. The first kappa shape index (κ1) is 13.8. The van der Waals surface area contributed by atoms with E-state index in [9.17, 15) is 4.79 Å². The number of nitrogens with zero attached hydrogens (tertiary/aromatic N) is 1. The molecule has 0 aliphatic heterocycles. The summed E-state index contributed by atoms with van der Waals surface area (Å²) in [5, 5.41) is 9.47. The lowest BCUT2D eigenvalue weighted by Crippen LogP contribution is -2.33. The first-order chi connectivity index (χ1) is 7.93. The van der Waals surface area contributed by atoms with E-state index in [-0.39, 0.29) is 12.5 Å². The molecule has 0 fully saturated rings. The van der Waals surface area contributed by atoms with E-state index >= 15 is 0 Å². The second-order valence-electron chi connectivity index (χ2n) is 4.31. The molecule has 0 atom stereocenters. The van der Waals surface area contributed by atoms with Gasteiger partial charge in [0, 0.05) is 23.3 Å². The Morgan fingerprint density at radius 2 is 2.12 bits per heavy atom. The molecule has 94 valence electrons. The second-order valence-corrected chi connectivity index (χ2v) is 4.72. The van der Waals surface area contributed by atoms with Gasteiger partial charge in [-0.3, -0.25) is 4.79 Å². The Labute approximate surface area is 107 Å². The van der Waals surface area contributed by atoms with Crippen LogP contribution in [0.25, 0.3) is 0 Å². The van der Waals surface area contributed by atoms with E-state index in [0.29, 0.717) is 11.6 Å². The Hall–Kier alpha value is -1.22. The lowest BCUT2D eigenvalue weighted by molar-refractivity contribution is -0.136. The van der Waals surface area contributed by atoms with Gasteiger partial charge in [-0.25, -0.2) is 0 Å². The quantitative estimate of drug-likeness (QED) is 0.877. The predicted octanol–water partition coefficient (Wildman–Crippen LogP) is 3.34. The summed E-state index contributed by atoms with van der Waals surface area (Å²) in [6, 6.07) is 5.95. The van der Waals surface area contributed by atoms with Gasteiger partial charge in [0.25, 0.3) is 0 Å². The second kappa shape index (κ2) is 5.92. The van der Waals surface area contributed by atoms with E-state index in [0.717, 1.165) is 11.3 Å². The topological polar surface area (TPSA) is 40.5 Å². The minimum atomic E-state index is -0.782. The van der Waals surface area contributed by atoms with Gasteiger partial charge in [-0.15, -0.1) is 0 Å². The smallest absolute Gasteiger partial charge is 0.305 e. The molecule has 0 aliphatic carbocycles. The zero-order chi connectivity index (χ0) is 13.0. The average Bonchev–Trinajstić information content (AvgIpc) is 2.23. The number of aliphatic carboxylic acids is 1. The lowest BCUT2D eigenvalue weighted by atomic mass is 10.1. The van der Waals surface area contributed by atoms with Crippen LogP contribution in [0.4, 0.5) is 5.69 Å². The van der Waals surface area contributed by atoms with Gasteiger partial charge in [0.1, 0.15) is 0 Å². The van der Waals surface area contributed by atoms with E-state index in [2.05, 4.69) is 4.90 Å². The maximum atomic E-state index is 10.7. The molecule has 0 aromatic heterocycles. The predicted molar refractivity (Wildman–Crippen MR) is 70.9 cm³/mol. The van der Waals surface area contributed by atoms with E-state index in [4.69, 9.17) is 16.7 Å². The fourth-order valence-electron chi connectivity index (χ4n) is 1.78. The van der Waals surface area contributed by atoms with Crippen molar-refractivity contribution in [3.63, 3.8) is 0 Å². The normalized spacial score (nSPS) is 10.6. The average molecular weight is 256 g/mol. The van der Waals surface area contributed by atoms with E-state index < -0.39 is 5.97 Å². The number of hydrogen-bond acceptors (Lipinski definition) is 2. The number of hydrogen-bond donors (Lipinski definition) is 1. The molecule has 4 heteroatoms. The van der Waals surface area contributed by atoms with Crippen molar-refractivity contribution in [3.05, 3.63) is 28.8 Å². The Morgan fingerprint density at radius 1 is 1.47 bits per heavy atom. The number of carboxylic acid groups (broad SMARTS) is 1. The van der Waals surface area contributed by atoms with Crippen molar-refractivity contribution in [2.45, 2.75) is 33.2 Å². The van der Waals surface area contributed by atoms with Crippen LogP contribution in [-0.4, -0.2) is 23.7 Å². The lowest BCUT2D eigenvalue weighted by Gasteiger charge is -2.30. The molecule has 0 heterocycles. The highest BCUT2D eigenvalue weighted by molar-refractivity contribution is 6.31. The largest absolute Gasteiger partial charge is 0.481 e. The van der Waals surface area contributed by atoms with Crippen LogP contribution < -0.4 is 4.90 Å². The van der Waals surface area contributed by atoms with Crippen LogP contribution in [0.2, 0.25) is 5.02 Å². The third kappa shape index (κ3) is 3.63. The van der Waals surface area contributed by atoms with Crippen LogP contribution in [0.5, 0.6) is 0 Å². The van der Waals surface area contributed by atoms with Crippen LogP contribution in [0, 0.1) is 6.92 Å². The highest BCUT2D eigenvalue weighted by atomic mass is 35.5. The van der Waals surface area contributed by atoms with Crippen molar-refractivity contribution in [2.24, 2.45) is 0 Å². The van der Waals surface area contributed by atoms with Crippen molar-refractivity contribution in [1.29, 1.82) is 0 Å². The van der Waals surface area contributed by atoms with Crippen molar-refractivity contribution >= 4 is 23.3 Å². The third-order valence-corrected chi connectivity index (χ3v) is 3.15. The SMILES string of the molecule is Cc1c(Cl)cccc1N(CCC(=O)O)C(C)C. The van der Waals surface area contributed by atoms with Gasteiger partial charge in [-0.2, -0.15) is 0 Å². The summed E-state index contributed by atoms with van der Waals surface area (Å²) in [7, 11) is 0. The first-order valence-corrected chi connectivity index (χ1v) is 6.04. The molecule has 0 amide bonds. The number of carboxylic acids is 1. The van der Waals surface area contributed by atoms with Crippen molar-refractivity contribution in [1.82, 2.24) is 0 Å². The summed E-state index contributed by atoms with van der Waals surface area (Å²) in [5.41, 5.74) is 2.00. The summed E-state index contributed by atoms with van der Waals surface area (Å²) in [6.07, 6.45) is 0.129. The molecule has 1 aromatic carbocycles. The van der Waals surface area contributed by atoms with Crippen LogP contribution in [0.1, 0.15) is 25.8 Å². The molecule has 0 radical (unpaired) electrons. The van der Waals surface area contributed by atoms with E-state index in [1.54, 1.807) is 0 Å². The zero-order valence-electron chi connectivity index (χ0n) is 10.4. The molecule has 1 N–H and O–H groups in total. The molecule has 0 saturated carbocycles. The summed E-state index contributed by atoms with van der Waals surface area (Å²) in [5.74, 6) is -0.782. The number of halogens is 1. The summed E-state index contributed by atoms with van der Waals surface area (Å²) in [4.78, 5) is 12.7. The molecule has 0 unspecified atom stereocenters. The molecule has 0 bridgehead atoms.